The topological polar surface area (TPSA) is 172 Å². The number of aromatic amines is 1. The lowest BCUT2D eigenvalue weighted by Crippen LogP contribution is -2.32. The number of hydrogen-bond acceptors (Lipinski definition) is 12. The highest BCUT2D eigenvalue weighted by atomic mass is 32.2. The number of alkyl halides is 3. The highest BCUT2D eigenvalue weighted by molar-refractivity contribution is 7.98. The second-order valence-corrected chi connectivity index (χ2v) is 16.9. The van der Waals surface area contributed by atoms with Crippen LogP contribution in [0.25, 0.3) is 33.5 Å². The van der Waals surface area contributed by atoms with E-state index in [1.54, 1.807) is 43.0 Å². The number of fused-ring (bicyclic) bond motifs is 1. The predicted octanol–water partition coefficient (Wildman–Crippen LogP) is 9.80. The number of nitrogens with one attached hydrogen (secondary N) is 1. The van der Waals surface area contributed by atoms with Crippen LogP contribution in [0.3, 0.4) is 0 Å². The molecule has 69 heavy (non-hydrogen) atoms. The average Bonchev–Trinajstić information content (AvgIpc) is 4.08. The van der Waals surface area contributed by atoms with Gasteiger partial charge in [0, 0.05) is 48.7 Å². The zero-order valence-electron chi connectivity index (χ0n) is 38.0. The summed E-state index contributed by atoms with van der Waals surface area (Å²) in [5.41, 5.74) is 5.80. The van der Waals surface area contributed by atoms with Crippen molar-refractivity contribution in [1.29, 1.82) is 0 Å². The van der Waals surface area contributed by atoms with E-state index < -0.39 is 29.6 Å². The van der Waals surface area contributed by atoms with Crippen LogP contribution >= 0.6 is 11.8 Å². The van der Waals surface area contributed by atoms with Crippen molar-refractivity contribution in [2.75, 3.05) is 6.61 Å². The molecule has 0 aliphatic rings. The SMILES string of the molecule is CCCc1nc(CSc2ccc3nc(COc4ccc(CN(OC(C)=O)C(=O)c5cccc(C(F)(F)F)c5)cc4)n(C)c3c2)c(C(=O)OCC)n1Cc1ccc(-c2ccccc2-c2nnn[nH]2)cc1. The Balaban J connectivity index is 0.942. The molecule has 0 radical (unpaired) electrons. The molecule has 1 N–H and O–H groups in total. The maximum absolute atomic E-state index is 13.7. The minimum absolute atomic E-state index is 0.123. The van der Waals surface area contributed by atoms with E-state index in [1.165, 1.54) is 6.07 Å². The first-order valence-corrected chi connectivity index (χ1v) is 22.9. The Labute approximate surface area is 398 Å². The molecule has 0 aliphatic heterocycles. The van der Waals surface area contributed by atoms with Crippen LogP contribution in [-0.4, -0.2) is 69.2 Å². The Morgan fingerprint density at radius 2 is 1.59 bits per heavy atom. The van der Waals surface area contributed by atoms with Crippen molar-refractivity contribution < 1.29 is 41.9 Å². The van der Waals surface area contributed by atoms with E-state index >= 15 is 0 Å². The van der Waals surface area contributed by atoms with E-state index in [-0.39, 0.29) is 25.3 Å². The van der Waals surface area contributed by atoms with Gasteiger partial charge in [0.25, 0.3) is 5.91 Å². The molecule has 0 unspecified atom stereocenters. The Kier molecular flexibility index (Phi) is 14.5. The zero-order chi connectivity index (χ0) is 48.7. The molecule has 15 nitrogen and oxygen atoms in total. The van der Waals surface area contributed by atoms with Crippen LogP contribution in [0.15, 0.2) is 120 Å². The van der Waals surface area contributed by atoms with Gasteiger partial charge in [-0.05, 0) is 94.6 Å². The van der Waals surface area contributed by atoms with Gasteiger partial charge in [-0.3, -0.25) is 9.59 Å². The van der Waals surface area contributed by atoms with E-state index in [9.17, 15) is 27.6 Å². The molecule has 0 fully saturated rings. The zero-order valence-corrected chi connectivity index (χ0v) is 38.8. The minimum Gasteiger partial charge on any atom is -0.486 e. The Morgan fingerprint density at radius 3 is 2.29 bits per heavy atom. The number of aromatic nitrogens is 8. The van der Waals surface area contributed by atoms with Crippen molar-refractivity contribution in [3.8, 4) is 28.3 Å². The number of tetrazole rings is 1. The number of nitrogens with zero attached hydrogens (tertiary/aromatic N) is 8. The molecule has 8 rings (SSSR count). The molecule has 0 bridgehead atoms. The van der Waals surface area contributed by atoms with Crippen molar-refractivity contribution in [3.63, 3.8) is 0 Å². The molecule has 5 aromatic carbocycles. The van der Waals surface area contributed by atoms with Gasteiger partial charge < -0.3 is 23.4 Å². The number of carbonyl (C=O) groups excluding carboxylic acids is 3. The highest BCUT2D eigenvalue weighted by Crippen LogP contribution is 2.33. The summed E-state index contributed by atoms with van der Waals surface area (Å²) in [6, 6.07) is 32.6. The standard InChI is InChI=1S/C50H46F3N9O6S/c1-5-10-44-55-42(46(49(65)66-6-2)61(44)27-32-15-19-34(20-16-32)39-13-7-8-14-40(39)47-56-58-59-57-47)30-69-38-23-24-41-43(26-38)60(4)45(54-41)29-67-37-21-17-33(18-22-37)28-62(68-31(3)63)48(64)35-11-9-12-36(25-35)50(51,52)53/h7-9,11-26H,5-6,10,27-30H2,1-4H3,(H,56,57,58,59). The number of benzene rings is 5. The van der Waals surface area contributed by atoms with Crippen molar-refractivity contribution in [3.05, 3.63) is 161 Å². The largest absolute Gasteiger partial charge is 0.486 e. The molecule has 19 heteroatoms. The lowest BCUT2D eigenvalue weighted by molar-refractivity contribution is -0.177. The average molecular weight is 958 g/mol. The van der Waals surface area contributed by atoms with E-state index in [1.807, 2.05) is 82.9 Å². The van der Waals surface area contributed by atoms with Gasteiger partial charge in [0.2, 0.25) is 0 Å². The number of hydrogen-bond donors (Lipinski definition) is 1. The van der Waals surface area contributed by atoms with E-state index in [0.717, 1.165) is 74.5 Å². The first-order valence-electron chi connectivity index (χ1n) is 21.9. The number of hydroxylamine groups is 2. The molecular weight excluding hydrogens is 912 g/mol. The fraction of sp³-hybridized carbons (Fsp3) is 0.240. The maximum Gasteiger partial charge on any atom is 0.416 e. The molecule has 3 aromatic heterocycles. The minimum atomic E-state index is -4.65. The van der Waals surface area contributed by atoms with Crippen LogP contribution in [0.2, 0.25) is 0 Å². The molecule has 0 spiro atoms. The van der Waals surface area contributed by atoms with Crippen molar-refractivity contribution >= 4 is 40.6 Å². The Morgan fingerprint density at radius 1 is 0.841 bits per heavy atom. The quantitative estimate of drug-likeness (QED) is 0.0521. The number of halogens is 3. The van der Waals surface area contributed by atoms with Gasteiger partial charge in [-0.1, -0.05) is 73.7 Å². The first kappa shape index (κ1) is 47.7. The molecule has 1 amide bonds. The van der Waals surface area contributed by atoms with Gasteiger partial charge in [-0.2, -0.15) is 18.2 Å². The number of amides is 1. The van der Waals surface area contributed by atoms with Gasteiger partial charge in [-0.25, -0.2) is 19.9 Å². The van der Waals surface area contributed by atoms with Crippen LogP contribution in [0.1, 0.15) is 82.1 Å². The highest BCUT2D eigenvalue weighted by Gasteiger charge is 2.32. The number of ether oxygens (including phenoxy) is 2. The number of thioether (sulfide) groups is 1. The lowest BCUT2D eigenvalue weighted by Gasteiger charge is -2.21. The third kappa shape index (κ3) is 11.2. The van der Waals surface area contributed by atoms with Crippen LogP contribution in [0.4, 0.5) is 13.2 Å². The monoisotopic (exact) mass is 957 g/mol. The molecule has 0 aliphatic carbocycles. The molecule has 0 atom stereocenters. The summed E-state index contributed by atoms with van der Waals surface area (Å²) in [6.07, 6.45) is -3.15. The van der Waals surface area contributed by atoms with Crippen LogP contribution in [0.5, 0.6) is 5.75 Å². The smallest absolute Gasteiger partial charge is 0.416 e. The second kappa shape index (κ2) is 21.0. The number of carbonyl (C=O) groups is 3. The molecule has 354 valence electrons. The summed E-state index contributed by atoms with van der Waals surface area (Å²) < 4.78 is 55.6. The van der Waals surface area contributed by atoms with Gasteiger partial charge in [-0.15, -0.1) is 16.9 Å². The summed E-state index contributed by atoms with van der Waals surface area (Å²) in [7, 11) is 1.90. The molecule has 8 aromatic rings. The molecular formula is C50H46F3N9O6S. The summed E-state index contributed by atoms with van der Waals surface area (Å²) in [5.74, 6) is 0.794. The predicted molar refractivity (Wildman–Crippen MR) is 250 cm³/mol. The van der Waals surface area contributed by atoms with Crippen LogP contribution < -0.4 is 4.74 Å². The van der Waals surface area contributed by atoms with Gasteiger partial charge in [0.05, 0.1) is 35.4 Å². The second-order valence-electron chi connectivity index (χ2n) is 15.8. The summed E-state index contributed by atoms with van der Waals surface area (Å²) in [4.78, 5) is 54.6. The van der Waals surface area contributed by atoms with Crippen LogP contribution in [0, 0.1) is 0 Å². The third-order valence-electron chi connectivity index (χ3n) is 11.0. The van der Waals surface area contributed by atoms with Crippen molar-refractivity contribution in [1.82, 2.24) is 44.8 Å². The summed E-state index contributed by atoms with van der Waals surface area (Å²) in [6.45, 7) is 5.51. The Bertz CT molecular complexity index is 3100. The number of imidazole rings is 2. The summed E-state index contributed by atoms with van der Waals surface area (Å²) >= 11 is 1.55. The van der Waals surface area contributed by atoms with Gasteiger partial charge >= 0.3 is 18.1 Å². The number of H-pyrrole nitrogens is 1. The summed E-state index contributed by atoms with van der Waals surface area (Å²) in [5, 5.41) is 15.1. The van der Waals surface area contributed by atoms with Crippen LogP contribution in [-0.2, 0) is 59.5 Å². The number of rotatable bonds is 17. The van der Waals surface area contributed by atoms with Gasteiger partial charge in [0.15, 0.2) is 11.5 Å². The normalized spacial score (nSPS) is 11.5. The van der Waals surface area contributed by atoms with E-state index in [2.05, 4.69) is 27.5 Å². The third-order valence-corrected chi connectivity index (χ3v) is 12.0. The van der Waals surface area contributed by atoms with Crippen molar-refractivity contribution in [2.45, 2.75) is 70.1 Å². The fourth-order valence-electron chi connectivity index (χ4n) is 7.72. The molecule has 0 saturated carbocycles. The maximum atomic E-state index is 13.7. The first-order chi connectivity index (χ1) is 33.3. The molecule has 3 heterocycles. The Hall–Kier alpha value is -7.80. The van der Waals surface area contributed by atoms with Gasteiger partial charge in [0.1, 0.15) is 24.0 Å². The van der Waals surface area contributed by atoms with Crippen molar-refractivity contribution in [2.24, 2.45) is 7.05 Å². The number of esters is 1. The van der Waals surface area contributed by atoms with E-state index in [4.69, 9.17) is 24.3 Å². The fourth-order valence-corrected chi connectivity index (χ4v) is 8.59. The lowest BCUT2D eigenvalue weighted by atomic mass is 9.98. The number of aryl methyl sites for hydroxylation is 2. The molecule has 0 saturated heterocycles. The van der Waals surface area contributed by atoms with E-state index in [0.29, 0.717) is 59.1 Å².